The highest BCUT2D eigenvalue weighted by atomic mass is 16.5. The first-order valence-electron chi connectivity index (χ1n) is 3.58. The van der Waals surface area contributed by atoms with Crippen LogP contribution in [0.5, 0.6) is 0 Å². The average molecular weight is 154 g/mol. The standard InChI is InChI=1S/C8H10O3/c1-2-11-7(9)3-4-8(10)5-6-8/h10H,2,5-6H2,1H3. The van der Waals surface area contributed by atoms with E-state index in [2.05, 4.69) is 16.6 Å². The summed E-state index contributed by atoms with van der Waals surface area (Å²) in [6.07, 6.45) is 1.33. The molecule has 0 aromatic rings. The first kappa shape index (κ1) is 8.09. The van der Waals surface area contributed by atoms with Gasteiger partial charge in [-0.25, -0.2) is 4.79 Å². The first-order chi connectivity index (χ1) is 5.16. The van der Waals surface area contributed by atoms with Crippen molar-refractivity contribution in [3.8, 4) is 11.8 Å². The normalized spacial score (nSPS) is 18.0. The summed E-state index contributed by atoms with van der Waals surface area (Å²) in [4.78, 5) is 10.6. The van der Waals surface area contributed by atoms with E-state index in [-0.39, 0.29) is 0 Å². The second-order valence-corrected chi connectivity index (χ2v) is 2.50. The molecule has 0 aromatic carbocycles. The molecule has 3 nitrogen and oxygen atoms in total. The predicted molar refractivity (Wildman–Crippen MR) is 38.6 cm³/mol. The molecular weight excluding hydrogens is 144 g/mol. The highest BCUT2D eigenvalue weighted by molar-refractivity contribution is 5.88. The third-order valence-corrected chi connectivity index (χ3v) is 1.40. The van der Waals surface area contributed by atoms with Crippen LogP contribution in [0.25, 0.3) is 0 Å². The molecule has 3 heteroatoms. The van der Waals surface area contributed by atoms with E-state index in [1.54, 1.807) is 6.92 Å². The molecule has 0 atom stereocenters. The third-order valence-electron chi connectivity index (χ3n) is 1.40. The lowest BCUT2D eigenvalue weighted by Crippen LogP contribution is -2.05. The van der Waals surface area contributed by atoms with Crippen LogP contribution in [-0.2, 0) is 9.53 Å². The Morgan fingerprint density at radius 3 is 2.82 bits per heavy atom. The summed E-state index contributed by atoms with van der Waals surface area (Å²) in [7, 11) is 0. The highest BCUT2D eigenvalue weighted by Crippen LogP contribution is 2.33. The molecule has 11 heavy (non-hydrogen) atoms. The molecule has 1 N–H and O–H groups in total. The van der Waals surface area contributed by atoms with E-state index in [9.17, 15) is 4.79 Å². The maximum absolute atomic E-state index is 10.6. The molecule has 0 saturated heterocycles. The summed E-state index contributed by atoms with van der Waals surface area (Å²) in [5.41, 5.74) is -0.882. The number of esters is 1. The van der Waals surface area contributed by atoms with Crippen LogP contribution in [0, 0.1) is 11.8 Å². The van der Waals surface area contributed by atoms with Crippen molar-refractivity contribution in [2.24, 2.45) is 0 Å². The van der Waals surface area contributed by atoms with Crippen LogP contribution in [0.2, 0.25) is 0 Å². The number of rotatable bonds is 1. The zero-order valence-corrected chi connectivity index (χ0v) is 6.39. The molecule has 0 aromatic heterocycles. The van der Waals surface area contributed by atoms with E-state index >= 15 is 0 Å². The topological polar surface area (TPSA) is 46.5 Å². The predicted octanol–water partition coefficient (Wildman–Crippen LogP) is 0.0778. The first-order valence-corrected chi connectivity index (χ1v) is 3.58. The Kier molecular flexibility index (Phi) is 2.16. The van der Waals surface area contributed by atoms with E-state index in [0.29, 0.717) is 19.4 Å². The number of carbonyl (C=O) groups is 1. The molecule has 0 aliphatic heterocycles. The molecule has 0 amide bonds. The smallest absolute Gasteiger partial charge is 0.384 e. The Labute approximate surface area is 65.4 Å². The number of aliphatic hydroxyl groups is 1. The summed E-state index contributed by atoms with van der Waals surface area (Å²) < 4.78 is 4.54. The molecule has 0 radical (unpaired) electrons. The van der Waals surface area contributed by atoms with E-state index in [1.807, 2.05) is 0 Å². The van der Waals surface area contributed by atoms with Gasteiger partial charge in [-0.2, -0.15) is 0 Å². The lowest BCUT2D eigenvalue weighted by atomic mass is 10.3. The summed E-state index contributed by atoms with van der Waals surface area (Å²) in [6, 6.07) is 0. The average Bonchev–Trinajstić information content (AvgIpc) is 2.66. The van der Waals surface area contributed by atoms with Gasteiger partial charge in [-0.15, -0.1) is 0 Å². The molecule has 0 unspecified atom stereocenters. The SMILES string of the molecule is CCOC(=O)C#CC1(O)CC1. The summed E-state index contributed by atoms with van der Waals surface area (Å²) in [6.45, 7) is 2.04. The van der Waals surface area contributed by atoms with Crippen LogP contribution in [0.4, 0.5) is 0 Å². The van der Waals surface area contributed by atoms with Crippen molar-refractivity contribution >= 4 is 5.97 Å². The Bertz CT molecular complexity index is 217. The Balaban J connectivity index is 2.37. The van der Waals surface area contributed by atoms with Crippen LogP contribution >= 0.6 is 0 Å². The third kappa shape index (κ3) is 2.60. The minimum Gasteiger partial charge on any atom is -0.456 e. The van der Waals surface area contributed by atoms with Gasteiger partial charge in [0.15, 0.2) is 0 Å². The fraction of sp³-hybridized carbons (Fsp3) is 0.625. The van der Waals surface area contributed by atoms with Gasteiger partial charge in [0.1, 0.15) is 5.60 Å². The Hall–Kier alpha value is -1.01. The van der Waals surface area contributed by atoms with E-state index in [1.165, 1.54) is 0 Å². The highest BCUT2D eigenvalue weighted by Gasteiger charge is 2.38. The van der Waals surface area contributed by atoms with Gasteiger partial charge in [0.2, 0.25) is 0 Å². The van der Waals surface area contributed by atoms with Crippen molar-refractivity contribution in [2.45, 2.75) is 25.4 Å². The van der Waals surface area contributed by atoms with Gasteiger partial charge in [-0.05, 0) is 19.8 Å². The largest absolute Gasteiger partial charge is 0.456 e. The van der Waals surface area contributed by atoms with Gasteiger partial charge >= 0.3 is 5.97 Å². The molecule has 0 heterocycles. The van der Waals surface area contributed by atoms with Crippen LogP contribution in [0.1, 0.15) is 19.8 Å². The number of hydrogen-bond acceptors (Lipinski definition) is 3. The fourth-order valence-electron chi connectivity index (χ4n) is 0.578. The molecule has 60 valence electrons. The van der Waals surface area contributed by atoms with Crippen LogP contribution in [0.15, 0.2) is 0 Å². The minimum atomic E-state index is -0.882. The van der Waals surface area contributed by atoms with Gasteiger partial charge < -0.3 is 9.84 Å². The summed E-state index contributed by atoms with van der Waals surface area (Å²) in [5.74, 6) is 4.11. The Morgan fingerprint density at radius 1 is 1.73 bits per heavy atom. The van der Waals surface area contributed by atoms with Gasteiger partial charge in [-0.3, -0.25) is 0 Å². The molecule has 1 saturated carbocycles. The van der Waals surface area contributed by atoms with E-state index in [0.717, 1.165) is 0 Å². The quantitative estimate of drug-likeness (QED) is 0.330. The van der Waals surface area contributed by atoms with Gasteiger partial charge in [0.25, 0.3) is 0 Å². The molecular formula is C8H10O3. The minimum absolute atomic E-state index is 0.325. The maximum atomic E-state index is 10.6. The zero-order valence-electron chi connectivity index (χ0n) is 6.39. The van der Waals surface area contributed by atoms with Crippen LogP contribution in [0.3, 0.4) is 0 Å². The molecule has 0 bridgehead atoms. The van der Waals surface area contributed by atoms with Crippen LogP contribution in [-0.4, -0.2) is 23.3 Å². The van der Waals surface area contributed by atoms with Crippen molar-refractivity contribution in [2.75, 3.05) is 6.61 Å². The lowest BCUT2D eigenvalue weighted by molar-refractivity contribution is -0.136. The van der Waals surface area contributed by atoms with Gasteiger partial charge in [0, 0.05) is 5.92 Å². The van der Waals surface area contributed by atoms with Gasteiger partial charge in [0.05, 0.1) is 6.61 Å². The van der Waals surface area contributed by atoms with Crippen molar-refractivity contribution < 1.29 is 14.6 Å². The van der Waals surface area contributed by atoms with E-state index < -0.39 is 11.6 Å². The number of carbonyl (C=O) groups excluding carboxylic acids is 1. The van der Waals surface area contributed by atoms with Crippen molar-refractivity contribution in [3.63, 3.8) is 0 Å². The van der Waals surface area contributed by atoms with E-state index in [4.69, 9.17) is 5.11 Å². The second-order valence-electron chi connectivity index (χ2n) is 2.50. The molecule has 0 spiro atoms. The van der Waals surface area contributed by atoms with Crippen molar-refractivity contribution in [1.29, 1.82) is 0 Å². The lowest BCUT2D eigenvalue weighted by Gasteiger charge is -1.93. The van der Waals surface area contributed by atoms with Crippen LogP contribution < -0.4 is 0 Å². The molecule has 1 aliphatic carbocycles. The van der Waals surface area contributed by atoms with Crippen molar-refractivity contribution in [1.82, 2.24) is 0 Å². The molecule has 1 fully saturated rings. The summed E-state index contributed by atoms with van der Waals surface area (Å²) >= 11 is 0. The second kappa shape index (κ2) is 2.93. The molecule has 1 rings (SSSR count). The summed E-state index contributed by atoms with van der Waals surface area (Å²) in [5, 5.41) is 9.16. The molecule has 1 aliphatic rings. The number of ether oxygens (including phenoxy) is 1. The zero-order chi connectivity index (χ0) is 8.32. The Morgan fingerprint density at radius 2 is 2.36 bits per heavy atom. The maximum Gasteiger partial charge on any atom is 0.384 e. The van der Waals surface area contributed by atoms with Crippen molar-refractivity contribution in [3.05, 3.63) is 0 Å². The monoisotopic (exact) mass is 154 g/mol. The fourth-order valence-corrected chi connectivity index (χ4v) is 0.578. The van der Waals surface area contributed by atoms with Gasteiger partial charge in [-0.1, -0.05) is 5.92 Å². The number of hydrogen-bond donors (Lipinski definition) is 1.